The van der Waals surface area contributed by atoms with Crippen LogP contribution in [0.3, 0.4) is 0 Å². The van der Waals surface area contributed by atoms with E-state index in [2.05, 4.69) is 9.71 Å². The third-order valence-electron chi connectivity index (χ3n) is 6.12. The molecule has 1 aromatic carbocycles. The SMILES string of the molecule is Cc1ccc(S(=O)(=O)Nc2nc(=O)n3c(C)c(C)sc(SC[C@@H]4C[C@@H](O)CN4C(=O)OC(C)(C)C)c2-3)cc1. The third kappa shape index (κ3) is 6.00. The number of aryl methyl sites for hydroxylation is 2. The fraction of sp³-hybridized carbons (Fsp3) is 0.480. The van der Waals surface area contributed by atoms with Crippen molar-refractivity contribution in [3.05, 3.63) is 50.9 Å². The summed E-state index contributed by atoms with van der Waals surface area (Å²) in [4.78, 5) is 32.1. The van der Waals surface area contributed by atoms with Gasteiger partial charge in [-0.05, 0) is 60.1 Å². The molecule has 0 bridgehead atoms. The molecule has 0 aromatic heterocycles. The van der Waals surface area contributed by atoms with Crippen LogP contribution in [0.4, 0.5) is 10.6 Å². The van der Waals surface area contributed by atoms with E-state index in [0.29, 0.717) is 27.8 Å². The lowest BCUT2D eigenvalue weighted by Gasteiger charge is -2.28. The molecule has 0 spiro atoms. The number of likely N-dealkylation sites (tertiary alicyclic amines) is 1. The van der Waals surface area contributed by atoms with E-state index in [1.165, 1.54) is 44.7 Å². The predicted octanol–water partition coefficient (Wildman–Crippen LogP) is 3.92. The van der Waals surface area contributed by atoms with E-state index >= 15 is 0 Å². The van der Waals surface area contributed by atoms with Crippen molar-refractivity contribution < 1.29 is 23.1 Å². The van der Waals surface area contributed by atoms with Crippen LogP contribution in [0.15, 0.2) is 38.2 Å². The van der Waals surface area contributed by atoms with Gasteiger partial charge < -0.3 is 14.7 Å². The zero-order valence-corrected chi connectivity index (χ0v) is 24.6. The lowest BCUT2D eigenvalue weighted by atomic mass is 10.2. The Bertz CT molecular complexity index is 1470. The van der Waals surface area contributed by atoms with E-state index in [9.17, 15) is 23.1 Å². The molecule has 0 radical (unpaired) electrons. The average molecular weight is 581 g/mol. The van der Waals surface area contributed by atoms with Gasteiger partial charge in [0.05, 0.1) is 21.8 Å². The Morgan fingerprint density at radius 1 is 1.24 bits per heavy atom. The van der Waals surface area contributed by atoms with Crippen LogP contribution in [0.5, 0.6) is 0 Å². The summed E-state index contributed by atoms with van der Waals surface area (Å²) >= 11 is 2.81. The number of ether oxygens (including phenoxy) is 1. The summed E-state index contributed by atoms with van der Waals surface area (Å²) in [5.41, 5.74) is 0.701. The topological polar surface area (TPSA) is 131 Å². The van der Waals surface area contributed by atoms with E-state index in [1.54, 1.807) is 39.8 Å². The molecule has 4 rings (SSSR count). The van der Waals surface area contributed by atoms with Crippen LogP contribution in [0, 0.1) is 20.8 Å². The minimum Gasteiger partial charge on any atom is -0.444 e. The van der Waals surface area contributed by atoms with Crippen LogP contribution < -0.4 is 10.4 Å². The molecule has 3 aliphatic rings. The van der Waals surface area contributed by atoms with Gasteiger partial charge in [-0.3, -0.25) is 9.29 Å². The number of thioether (sulfide) groups is 1. The molecule has 0 saturated carbocycles. The monoisotopic (exact) mass is 580 g/mol. The predicted molar refractivity (Wildman–Crippen MR) is 148 cm³/mol. The molecule has 3 aliphatic heterocycles. The Balaban J connectivity index is 1.66. The van der Waals surface area contributed by atoms with Gasteiger partial charge in [0.2, 0.25) is 0 Å². The number of rotatable bonds is 6. The highest BCUT2D eigenvalue weighted by Crippen LogP contribution is 2.40. The molecule has 0 aliphatic carbocycles. The maximum Gasteiger partial charge on any atom is 0.410 e. The molecule has 38 heavy (non-hydrogen) atoms. The van der Waals surface area contributed by atoms with Gasteiger partial charge in [-0.15, -0.1) is 23.1 Å². The molecule has 0 unspecified atom stereocenters. The molecule has 13 heteroatoms. The summed E-state index contributed by atoms with van der Waals surface area (Å²) in [6.07, 6.45) is -0.778. The summed E-state index contributed by atoms with van der Waals surface area (Å²) in [6.45, 7) is 11.1. The molecule has 2 atom stereocenters. The number of imidazole rings is 1. The second-order valence-electron chi connectivity index (χ2n) is 10.4. The van der Waals surface area contributed by atoms with Crippen LogP contribution in [0.25, 0.3) is 5.69 Å². The van der Waals surface area contributed by atoms with Gasteiger partial charge in [-0.25, -0.2) is 18.0 Å². The minimum absolute atomic E-state index is 0.0483. The summed E-state index contributed by atoms with van der Waals surface area (Å²) in [5.74, 6) is 0.363. The highest BCUT2D eigenvalue weighted by molar-refractivity contribution is 8.01. The van der Waals surface area contributed by atoms with E-state index in [-0.39, 0.29) is 23.3 Å². The van der Waals surface area contributed by atoms with Gasteiger partial charge in [-0.1, -0.05) is 17.7 Å². The van der Waals surface area contributed by atoms with Crippen molar-refractivity contribution in [2.75, 3.05) is 17.0 Å². The number of amides is 1. The van der Waals surface area contributed by atoms with Crippen LogP contribution in [-0.2, 0) is 14.8 Å². The Morgan fingerprint density at radius 3 is 2.53 bits per heavy atom. The lowest BCUT2D eigenvalue weighted by Crippen LogP contribution is -2.41. The van der Waals surface area contributed by atoms with Crippen LogP contribution in [-0.4, -0.2) is 64.1 Å². The van der Waals surface area contributed by atoms with Crippen molar-refractivity contribution in [1.29, 1.82) is 0 Å². The summed E-state index contributed by atoms with van der Waals surface area (Å²) in [6, 6.07) is 6.09. The van der Waals surface area contributed by atoms with Gasteiger partial charge in [0.25, 0.3) is 10.0 Å². The number of benzene rings is 1. The summed E-state index contributed by atoms with van der Waals surface area (Å²) in [5, 5.41) is 10.3. The average Bonchev–Trinajstić information content (AvgIpc) is 3.33. The number of hydrogen-bond donors (Lipinski definition) is 2. The maximum atomic E-state index is 13.1. The van der Waals surface area contributed by atoms with Crippen LogP contribution in [0.1, 0.15) is 43.3 Å². The second kappa shape index (κ2) is 10.5. The first-order valence-corrected chi connectivity index (χ1v) is 15.4. The molecule has 1 amide bonds. The number of nitrogens with zero attached hydrogens (tertiary/aromatic N) is 3. The Labute approximate surface area is 230 Å². The zero-order chi connectivity index (χ0) is 28.0. The number of carbonyl (C=O) groups excluding carboxylic acids is 1. The summed E-state index contributed by atoms with van der Waals surface area (Å²) in [7, 11) is -4.00. The highest BCUT2D eigenvalue weighted by atomic mass is 32.2. The minimum atomic E-state index is -4.00. The smallest absolute Gasteiger partial charge is 0.410 e. The van der Waals surface area contributed by atoms with E-state index in [4.69, 9.17) is 4.74 Å². The number of anilines is 1. The normalized spacial score (nSPS) is 18.2. The van der Waals surface area contributed by atoms with Crippen LogP contribution in [0.2, 0.25) is 0 Å². The first kappa shape index (κ1) is 28.4. The molecule has 10 nitrogen and oxygen atoms in total. The van der Waals surface area contributed by atoms with Crippen LogP contribution >= 0.6 is 23.1 Å². The number of sulfonamides is 1. The third-order valence-corrected chi connectivity index (χ3v) is 10.1. The molecule has 2 N–H and O–H groups in total. The number of β-amino-alcohol motifs (C(OH)–C–C–N with tert-alkyl or cyclic N) is 1. The maximum absolute atomic E-state index is 13.1. The molecule has 1 saturated heterocycles. The van der Waals surface area contributed by atoms with E-state index < -0.39 is 33.5 Å². The zero-order valence-electron chi connectivity index (χ0n) is 22.1. The van der Waals surface area contributed by atoms with Gasteiger partial charge in [0, 0.05) is 22.4 Å². The number of aliphatic hydroxyl groups excluding tert-OH is 1. The van der Waals surface area contributed by atoms with Gasteiger partial charge in [-0.2, -0.15) is 4.98 Å². The molecule has 3 heterocycles. The number of nitrogens with one attached hydrogen (secondary N) is 1. The van der Waals surface area contributed by atoms with E-state index in [0.717, 1.165) is 10.4 Å². The Hall–Kier alpha value is -2.61. The Kier molecular flexibility index (Phi) is 7.86. The number of carbonyl (C=O) groups is 1. The second-order valence-corrected chi connectivity index (χ2v) is 14.6. The largest absolute Gasteiger partial charge is 0.444 e. The van der Waals surface area contributed by atoms with E-state index in [1.807, 2.05) is 13.8 Å². The molecule has 1 fully saturated rings. The van der Waals surface area contributed by atoms with Crippen molar-refractivity contribution >= 4 is 45.0 Å². The van der Waals surface area contributed by atoms with Gasteiger partial charge in [0.1, 0.15) is 11.3 Å². The van der Waals surface area contributed by atoms with Crippen molar-refractivity contribution in [2.24, 2.45) is 0 Å². The Morgan fingerprint density at radius 2 is 1.89 bits per heavy atom. The number of aromatic nitrogens is 2. The lowest BCUT2D eigenvalue weighted by molar-refractivity contribution is 0.0222. The first-order valence-electron chi connectivity index (χ1n) is 12.1. The van der Waals surface area contributed by atoms with Gasteiger partial charge >= 0.3 is 11.8 Å². The number of fused-ring (bicyclic) bond motifs is 1. The molecular formula is C25H32N4O6S3. The number of aliphatic hydroxyl groups is 1. The molecule has 206 valence electrons. The van der Waals surface area contributed by atoms with Crippen molar-refractivity contribution in [2.45, 2.75) is 74.8 Å². The van der Waals surface area contributed by atoms with Crippen molar-refractivity contribution in [3.8, 4) is 5.69 Å². The van der Waals surface area contributed by atoms with Gasteiger partial charge in [0.15, 0.2) is 5.82 Å². The first-order chi connectivity index (χ1) is 17.7. The fourth-order valence-corrected chi connectivity index (χ4v) is 7.77. The highest BCUT2D eigenvalue weighted by Gasteiger charge is 2.37. The van der Waals surface area contributed by atoms with Crippen molar-refractivity contribution in [1.82, 2.24) is 14.5 Å². The standard InChI is InChI=1S/C25H32N4O6S3/c1-14-7-9-19(10-8-14)38(33,34)27-21-20-22(37-16(3)15(2)29(20)23(31)26-21)36-13-17-11-18(30)12-28(17)24(32)35-25(4,5)6/h7-10,17-18,30H,11-13H2,1-6H3,(H,26,27,31)/t17-,18+/m0/s1. The molecular weight excluding hydrogens is 548 g/mol. The molecule has 1 aromatic rings. The number of hydrogen-bond acceptors (Lipinski definition) is 9. The van der Waals surface area contributed by atoms with Crippen molar-refractivity contribution in [3.63, 3.8) is 0 Å². The quantitative estimate of drug-likeness (QED) is 0.420. The summed E-state index contributed by atoms with van der Waals surface area (Å²) < 4.78 is 36.3. The fourth-order valence-electron chi connectivity index (χ4n) is 4.16.